The number of amides is 2. The molecule has 3 aromatic rings. The highest BCUT2D eigenvalue weighted by Gasteiger charge is 2.59. The summed E-state index contributed by atoms with van der Waals surface area (Å²) in [5, 5.41) is 11.5. The van der Waals surface area contributed by atoms with Crippen molar-refractivity contribution in [2.24, 2.45) is 23.7 Å². The molecule has 0 spiro atoms. The highest BCUT2D eigenvalue weighted by molar-refractivity contribution is 5.98. The highest BCUT2D eigenvalue weighted by atomic mass is 19.4. The molecule has 4 heterocycles. The van der Waals surface area contributed by atoms with E-state index < -0.39 is 6.36 Å². The second kappa shape index (κ2) is 7.83. The summed E-state index contributed by atoms with van der Waals surface area (Å²) < 4.78 is 41.6. The molecule has 0 bridgehead atoms. The molecule has 2 saturated heterocycles. The van der Waals surface area contributed by atoms with Crippen LogP contribution >= 0.6 is 0 Å². The monoisotopic (exact) mass is 512 g/mol. The number of ether oxygens (including phenoxy) is 1. The number of benzene rings is 1. The predicted octanol–water partition coefficient (Wildman–Crippen LogP) is 2.69. The fourth-order valence-corrected chi connectivity index (χ4v) is 6.71. The number of halogens is 3. The van der Waals surface area contributed by atoms with Gasteiger partial charge in [-0.15, -0.1) is 13.2 Å². The van der Waals surface area contributed by atoms with E-state index in [0.29, 0.717) is 79.3 Å². The first kappa shape index (κ1) is 22.4. The van der Waals surface area contributed by atoms with Gasteiger partial charge in [-0.2, -0.15) is 15.4 Å². The van der Waals surface area contributed by atoms with Crippen molar-refractivity contribution in [1.29, 1.82) is 0 Å². The molecule has 37 heavy (non-hydrogen) atoms. The number of aromatic amines is 2. The lowest BCUT2D eigenvalue weighted by Crippen LogP contribution is -2.44. The van der Waals surface area contributed by atoms with Gasteiger partial charge in [0.05, 0.1) is 11.4 Å². The number of alkyl halides is 3. The van der Waals surface area contributed by atoms with Crippen molar-refractivity contribution in [3.05, 3.63) is 53.0 Å². The molecule has 2 aromatic heterocycles. The SMILES string of the molecule is O=C(C1=CCc2n[nH]nc2C1)N1C[C@@H]2[C@H](C1)[C@H]1CN(C(=O)c3cc4ccc(OC(F)(F)F)cc4[nH]3)C[C@@H]21. The smallest absolute Gasteiger partial charge is 0.406 e. The lowest BCUT2D eigenvalue weighted by molar-refractivity contribution is -0.274. The van der Waals surface area contributed by atoms with Gasteiger partial charge in [-0.1, -0.05) is 6.08 Å². The molecule has 7 rings (SSSR count). The number of likely N-dealkylation sites (tertiary alicyclic amines) is 2. The van der Waals surface area contributed by atoms with Crippen LogP contribution in [0.1, 0.15) is 21.9 Å². The summed E-state index contributed by atoms with van der Waals surface area (Å²) in [4.78, 5) is 33.1. The Morgan fingerprint density at radius 1 is 0.919 bits per heavy atom. The van der Waals surface area contributed by atoms with Crippen molar-refractivity contribution in [2.75, 3.05) is 26.2 Å². The van der Waals surface area contributed by atoms with Crippen LogP contribution < -0.4 is 4.74 Å². The molecule has 192 valence electrons. The zero-order chi connectivity index (χ0) is 25.5. The van der Waals surface area contributed by atoms with E-state index in [0.717, 1.165) is 17.0 Å². The van der Waals surface area contributed by atoms with E-state index >= 15 is 0 Å². The molecule has 2 aliphatic carbocycles. The summed E-state index contributed by atoms with van der Waals surface area (Å²) in [6.07, 6.45) is -1.71. The van der Waals surface area contributed by atoms with Crippen LogP contribution in [0.2, 0.25) is 0 Å². The summed E-state index contributed by atoms with van der Waals surface area (Å²) in [6, 6.07) is 5.64. The predicted molar refractivity (Wildman–Crippen MR) is 123 cm³/mol. The van der Waals surface area contributed by atoms with E-state index in [1.165, 1.54) is 18.2 Å². The van der Waals surface area contributed by atoms with Gasteiger partial charge in [0.2, 0.25) is 5.91 Å². The van der Waals surface area contributed by atoms with Gasteiger partial charge in [0.15, 0.2) is 0 Å². The third-order valence-electron chi connectivity index (χ3n) is 8.43. The van der Waals surface area contributed by atoms with Crippen LogP contribution in [0.15, 0.2) is 35.9 Å². The van der Waals surface area contributed by atoms with E-state index in [2.05, 4.69) is 25.1 Å². The van der Waals surface area contributed by atoms with Gasteiger partial charge in [0.1, 0.15) is 11.4 Å². The topological polar surface area (TPSA) is 107 Å². The number of allylic oxidation sites excluding steroid dienone is 1. The van der Waals surface area contributed by atoms with Gasteiger partial charge in [0, 0.05) is 61.6 Å². The lowest BCUT2D eigenvalue weighted by Gasteiger charge is -2.42. The average molecular weight is 512 g/mol. The summed E-state index contributed by atoms with van der Waals surface area (Å²) >= 11 is 0. The first-order chi connectivity index (χ1) is 17.7. The average Bonchev–Trinajstić information content (AvgIpc) is 3.63. The zero-order valence-electron chi connectivity index (χ0n) is 19.6. The van der Waals surface area contributed by atoms with Crippen LogP contribution in [0.25, 0.3) is 10.9 Å². The van der Waals surface area contributed by atoms with Crippen LogP contribution in [0, 0.1) is 23.7 Å². The molecule has 2 aliphatic heterocycles. The van der Waals surface area contributed by atoms with Gasteiger partial charge in [-0.3, -0.25) is 9.59 Å². The molecule has 0 unspecified atom stereocenters. The Kier molecular flexibility index (Phi) is 4.74. The fourth-order valence-electron chi connectivity index (χ4n) is 6.71. The van der Waals surface area contributed by atoms with Crippen molar-refractivity contribution < 1.29 is 27.5 Å². The van der Waals surface area contributed by atoms with Gasteiger partial charge in [-0.25, -0.2) is 0 Å². The Hall–Kier alpha value is -3.83. The summed E-state index contributed by atoms with van der Waals surface area (Å²) in [6.45, 7) is 2.64. The number of H-pyrrole nitrogens is 2. The van der Waals surface area contributed by atoms with Gasteiger partial charge in [-0.05, 0) is 41.9 Å². The van der Waals surface area contributed by atoms with Crippen LogP contribution in [-0.2, 0) is 17.6 Å². The minimum atomic E-state index is -4.78. The summed E-state index contributed by atoms with van der Waals surface area (Å²) in [5.74, 6) is 1.03. The normalized spacial score (nSPS) is 26.4. The number of nitrogens with one attached hydrogen (secondary N) is 2. The molecule has 2 N–H and O–H groups in total. The Balaban J connectivity index is 0.998. The maximum atomic E-state index is 13.2. The number of carbonyl (C=O) groups is 2. The molecule has 0 radical (unpaired) electrons. The number of aromatic nitrogens is 4. The van der Waals surface area contributed by atoms with Crippen molar-refractivity contribution in [2.45, 2.75) is 19.2 Å². The van der Waals surface area contributed by atoms with E-state index in [4.69, 9.17) is 0 Å². The minimum absolute atomic E-state index is 0.0704. The maximum absolute atomic E-state index is 13.2. The molecule has 12 heteroatoms. The van der Waals surface area contributed by atoms with Crippen molar-refractivity contribution in [1.82, 2.24) is 30.2 Å². The Morgan fingerprint density at radius 2 is 1.57 bits per heavy atom. The van der Waals surface area contributed by atoms with Crippen molar-refractivity contribution in [3.8, 4) is 5.75 Å². The Labute approximate surface area is 208 Å². The largest absolute Gasteiger partial charge is 0.573 e. The third-order valence-corrected chi connectivity index (χ3v) is 8.43. The van der Waals surface area contributed by atoms with Gasteiger partial charge < -0.3 is 19.5 Å². The molecule has 3 fully saturated rings. The summed E-state index contributed by atoms with van der Waals surface area (Å²) in [5.41, 5.74) is 3.25. The number of hydrogen-bond donors (Lipinski definition) is 2. The van der Waals surface area contributed by atoms with E-state index in [1.807, 2.05) is 15.9 Å². The minimum Gasteiger partial charge on any atom is -0.406 e. The van der Waals surface area contributed by atoms with Crippen molar-refractivity contribution >= 4 is 22.7 Å². The van der Waals surface area contributed by atoms with Gasteiger partial charge in [0.25, 0.3) is 5.91 Å². The van der Waals surface area contributed by atoms with Crippen LogP contribution in [0.3, 0.4) is 0 Å². The zero-order valence-corrected chi connectivity index (χ0v) is 19.6. The maximum Gasteiger partial charge on any atom is 0.573 e. The van der Waals surface area contributed by atoms with Crippen LogP contribution in [0.4, 0.5) is 13.2 Å². The number of carbonyl (C=O) groups excluding carboxylic acids is 2. The molecule has 4 aliphatic rings. The lowest BCUT2D eigenvalue weighted by atomic mass is 9.60. The van der Waals surface area contributed by atoms with E-state index in [1.54, 1.807) is 6.07 Å². The fraction of sp³-hybridized carbons (Fsp3) is 0.440. The molecule has 1 aromatic carbocycles. The third kappa shape index (κ3) is 3.68. The quantitative estimate of drug-likeness (QED) is 0.561. The molecular formula is C25H23F3N6O3. The second-order valence-electron chi connectivity index (χ2n) is 10.4. The van der Waals surface area contributed by atoms with Crippen molar-refractivity contribution in [3.63, 3.8) is 0 Å². The molecule has 1 saturated carbocycles. The molecule has 9 nitrogen and oxygen atoms in total. The molecular weight excluding hydrogens is 489 g/mol. The number of fused-ring (bicyclic) bond motifs is 6. The number of hydrogen-bond acceptors (Lipinski definition) is 5. The summed E-state index contributed by atoms with van der Waals surface area (Å²) in [7, 11) is 0. The first-order valence-electron chi connectivity index (χ1n) is 12.3. The standard InChI is InChI=1S/C25H23F3N6O3/c26-25(27,28)37-14-3-1-12-5-22(29-20(12)7-14)24(36)34-10-17-15-8-33(9-16(15)18(17)11-34)23(35)13-2-4-19-21(6-13)31-32-30-19/h1-3,5,7,15-18,29H,4,6,8-11H2,(H,30,31,32)/t15-,16+,17+,18-. The van der Waals surface area contributed by atoms with E-state index in [-0.39, 0.29) is 17.6 Å². The Bertz CT molecular complexity index is 1440. The molecule has 2 amide bonds. The Morgan fingerprint density at radius 3 is 2.24 bits per heavy atom. The van der Waals surface area contributed by atoms with E-state index in [9.17, 15) is 22.8 Å². The first-order valence-corrected chi connectivity index (χ1v) is 12.3. The molecule has 4 atom stereocenters. The highest BCUT2D eigenvalue weighted by Crippen LogP contribution is 2.54. The second-order valence-corrected chi connectivity index (χ2v) is 10.4. The number of rotatable bonds is 3. The van der Waals surface area contributed by atoms with Crippen LogP contribution in [-0.4, -0.2) is 74.6 Å². The van der Waals surface area contributed by atoms with Crippen LogP contribution in [0.5, 0.6) is 5.75 Å². The number of nitrogens with zero attached hydrogens (tertiary/aromatic N) is 4. The van der Waals surface area contributed by atoms with Gasteiger partial charge >= 0.3 is 6.36 Å².